The number of hydrogen-bond donors (Lipinski definition) is 1. The summed E-state index contributed by atoms with van der Waals surface area (Å²) in [5.74, 6) is -0.245. The van der Waals surface area contributed by atoms with E-state index in [4.69, 9.17) is 11.6 Å². The largest absolute Gasteiger partial charge is 0.326 e. The maximum atomic E-state index is 11.8. The number of para-hydroxylation sites is 1. The number of halogens is 1. The van der Waals surface area contributed by atoms with Crippen LogP contribution in [0.1, 0.15) is 20.3 Å². The van der Waals surface area contributed by atoms with Gasteiger partial charge in [0.2, 0.25) is 5.91 Å². The second kappa shape index (κ2) is 5.82. The summed E-state index contributed by atoms with van der Waals surface area (Å²) in [5.41, 5.74) is 0.0317. The molecule has 0 unspecified atom stereocenters. The van der Waals surface area contributed by atoms with Gasteiger partial charge in [0.05, 0.1) is 6.42 Å². The number of anilines is 1. The van der Waals surface area contributed by atoms with Gasteiger partial charge in [0.15, 0.2) is 0 Å². The number of carbonyl (C=O) groups is 2. The van der Waals surface area contributed by atoms with Crippen LogP contribution in [0.2, 0.25) is 0 Å². The first-order chi connectivity index (χ1) is 7.95. The van der Waals surface area contributed by atoms with E-state index in [0.717, 1.165) is 0 Å². The van der Waals surface area contributed by atoms with Crippen molar-refractivity contribution < 1.29 is 9.59 Å². The molecule has 0 aliphatic carbocycles. The monoisotopic (exact) mass is 253 g/mol. The van der Waals surface area contributed by atoms with Crippen LogP contribution < -0.4 is 5.32 Å². The van der Waals surface area contributed by atoms with Crippen LogP contribution in [0.15, 0.2) is 30.3 Å². The molecule has 1 aromatic rings. The molecule has 0 radical (unpaired) electrons. The Morgan fingerprint density at radius 3 is 2.35 bits per heavy atom. The van der Waals surface area contributed by atoms with E-state index in [2.05, 4.69) is 5.32 Å². The minimum Gasteiger partial charge on any atom is -0.326 e. The zero-order valence-corrected chi connectivity index (χ0v) is 10.8. The lowest BCUT2D eigenvalue weighted by Gasteiger charge is -2.19. The highest BCUT2D eigenvalue weighted by Gasteiger charge is 2.27. The number of Topliss-reactive ketones (excluding diaryl/α,β-unsaturated/α-hetero) is 1. The average Bonchev–Trinajstić information content (AvgIpc) is 2.30. The van der Waals surface area contributed by atoms with Gasteiger partial charge in [-0.2, -0.15) is 0 Å². The van der Waals surface area contributed by atoms with E-state index < -0.39 is 5.41 Å². The van der Waals surface area contributed by atoms with Gasteiger partial charge in [0, 0.05) is 17.0 Å². The summed E-state index contributed by atoms with van der Waals surface area (Å²) in [7, 11) is 0. The van der Waals surface area contributed by atoms with Crippen molar-refractivity contribution in [2.45, 2.75) is 20.3 Å². The van der Waals surface area contributed by atoms with Crippen molar-refractivity contribution in [1.82, 2.24) is 0 Å². The fourth-order valence-corrected chi connectivity index (χ4v) is 1.34. The summed E-state index contributed by atoms with van der Waals surface area (Å²) >= 11 is 5.68. The summed E-state index contributed by atoms with van der Waals surface area (Å²) in [6.45, 7) is 3.47. The van der Waals surface area contributed by atoms with Gasteiger partial charge < -0.3 is 5.32 Å². The van der Waals surface area contributed by atoms with E-state index in [0.29, 0.717) is 5.69 Å². The predicted molar refractivity (Wildman–Crippen MR) is 69.2 cm³/mol. The van der Waals surface area contributed by atoms with Gasteiger partial charge in [-0.1, -0.05) is 32.0 Å². The molecule has 0 saturated carbocycles. The smallest absolute Gasteiger partial charge is 0.231 e. The van der Waals surface area contributed by atoms with Gasteiger partial charge in [0.25, 0.3) is 0 Å². The first-order valence-corrected chi connectivity index (χ1v) is 5.93. The fourth-order valence-electron chi connectivity index (χ4n) is 1.19. The topological polar surface area (TPSA) is 46.2 Å². The number of amides is 1. The number of nitrogens with one attached hydrogen (secondary N) is 1. The molecule has 0 saturated heterocycles. The fraction of sp³-hybridized carbons (Fsp3) is 0.385. The van der Waals surface area contributed by atoms with Crippen LogP contribution >= 0.6 is 11.6 Å². The van der Waals surface area contributed by atoms with Crippen LogP contribution in [-0.4, -0.2) is 17.6 Å². The van der Waals surface area contributed by atoms with E-state index in [1.807, 2.05) is 18.2 Å². The second-order valence-corrected chi connectivity index (χ2v) is 4.80. The molecule has 0 bridgehead atoms. The molecule has 0 aliphatic heterocycles. The maximum Gasteiger partial charge on any atom is 0.231 e. The molecule has 0 aliphatic rings. The van der Waals surface area contributed by atoms with Crippen LogP contribution in [-0.2, 0) is 9.59 Å². The van der Waals surface area contributed by atoms with Crippen molar-refractivity contribution in [3.8, 4) is 0 Å². The highest BCUT2D eigenvalue weighted by molar-refractivity contribution is 6.20. The molecule has 0 spiro atoms. The summed E-state index contributed by atoms with van der Waals surface area (Å²) in [6.07, 6.45) is -0.144. The third kappa shape index (κ3) is 4.19. The number of benzene rings is 1. The molecule has 1 aromatic carbocycles. The third-order valence-electron chi connectivity index (χ3n) is 2.47. The second-order valence-electron chi connectivity index (χ2n) is 4.53. The highest BCUT2D eigenvalue weighted by atomic mass is 35.5. The number of ketones is 1. The van der Waals surface area contributed by atoms with Crippen molar-refractivity contribution in [2.24, 2.45) is 5.41 Å². The molecule has 4 heteroatoms. The predicted octanol–water partition coefficient (Wildman–Crippen LogP) is 2.85. The lowest BCUT2D eigenvalue weighted by molar-refractivity contribution is -0.130. The van der Waals surface area contributed by atoms with Crippen molar-refractivity contribution in [3.63, 3.8) is 0 Å². The summed E-state index contributed by atoms with van der Waals surface area (Å²) in [5, 5.41) is 2.67. The molecular formula is C13H16ClNO2. The average molecular weight is 254 g/mol. The molecule has 1 rings (SSSR count). The van der Waals surface area contributed by atoms with E-state index in [9.17, 15) is 9.59 Å². The number of carbonyl (C=O) groups excluding carboxylic acids is 2. The zero-order chi connectivity index (χ0) is 12.9. The van der Waals surface area contributed by atoms with Crippen molar-refractivity contribution in [1.29, 1.82) is 0 Å². The number of hydrogen-bond acceptors (Lipinski definition) is 2. The Balaban J connectivity index is 2.54. The normalized spacial score (nSPS) is 11.0. The molecule has 3 nitrogen and oxygen atoms in total. The Morgan fingerprint density at radius 2 is 1.82 bits per heavy atom. The van der Waals surface area contributed by atoms with Crippen LogP contribution in [0.4, 0.5) is 5.69 Å². The van der Waals surface area contributed by atoms with E-state index in [1.165, 1.54) is 0 Å². The summed E-state index contributed by atoms with van der Waals surface area (Å²) in [6, 6.07) is 9.04. The Labute approximate surface area is 106 Å². The van der Waals surface area contributed by atoms with Gasteiger partial charge in [-0.15, -0.1) is 11.6 Å². The molecule has 0 heterocycles. The first kappa shape index (κ1) is 13.7. The standard InChI is InChI=1S/C13H16ClNO2/c1-13(2,9-14)11(16)8-12(17)15-10-6-4-3-5-7-10/h3-7H,8-9H2,1-2H3,(H,15,17). The third-order valence-corrected chi connectivity index (χ3v) is 3.14. The minimum atomic E-state index is -0.657. The van der Waals surface area contributed by atoms with Crippen LogP contribution in [0.3, 0.4) is 0 Å². The van der Waals surface area contributed by atoms with E-state index >= 15 is 0 Å². The number of alkyl halides is 1. The van der Waals surface area contributed by atoms with E-state index in [-0.39, 0.29) is 24.0 Å². The maximum absolute atomic E-state index is 11.8. The Kier molecular flexibility index (Phi) is 4.70. The molecule has 0 aromatic heterocycles. The van der Waals surface area contributed by atoms with Crippen LogP contribution in [0.25, 0.3) is 0 Å². The van der Waals surface area contributed by atoms with Crippen LogP contribution in [0, 0.1) is 5.41 Å². The summed E-state index contributed by atoms with van der Waals surface area (Å²) < 4.78 is 0. The van der Waals surface area contributed by atoms with Gasteiger partial charge >= 0.3 is 0 Å². The molecule has 0 atom stereocenters. The molecule has 92 valence electrons. The van der Waals surface area contributed by atoms with Crippen molar-refractivity contribution in [2.75, 3.05) is 11.2 Å². The Hall–Kier alpha value is -1.35. The van der Waals surface area contributed by atoms with Gasteiger partial charge in [0.1, 0.15) is 5.78 Å². The molecule has 1 N–H and O–H groups in total. The summed E-state index contributed by atoms with van der Waals surface area (Å²) in [4.78, 5) is 23.4. The lowest BCUT2D eigenvalue weighted by Crippen LogP contribution is -2.30. The molecule has 17 heavy (non-hydrogen) atoms. The highest BCUT2D eigenvalue weighted by Crippen LogP contribution is 2.20. The molecular weight excluding hydrogens is 238 g/mol. The van der Waals surface area contributed by atoms with Crippen LogP contribution in [0.5, 0.6) is 0 Å². The van der Waals surface area contributed by atoms with Gasteiger partial charge in [-0.3, -0.25) is 9.59 Å². The van der Waals surface area contributed by atoms with Crippen molar-refractivity contribution >= 4 is 29.0 Å². The molecule has 1 amide bonds. The Bertz CT molecular complexity index is 401. The zero-order valence-electron chi connectivity index (χ0n) is 10.00. The first-order valence-electron chi connectivity index (χ1n) is 5.40. The van der Waals surface area contributed by atoms with Crippen molar-refractivity contribution in [3.05, 3.63) is 30.3 Å². The molecule has 0 fully saturated rings. The Morgan fingerprint density at radius 1 is 1.24 bits per heavy atom. The van der Waals surface area contributed by atoms with Gasteiger partial charge in [-0.05, 0) is 12.1 Å². The van der Waals surface area contributed by atoms with Gasteiger partial charge in [-0.25, -0.2) is 0 Å². The quantitative estimate of drug-likeness (QED) is 0.648. The lowest BCUT2D eigenvalue weighted by atomic mass is 9.88. The minimum absolute atomic E-state index is 0.144. The number of rotatable bonds is 5. The van der Waals surface area contributed by atoms with E-state index in [1.54, 1.807) is 26.0 Å². The SMILES string of the molecule is CC(C)(CCl)C(=O)CC(=O)Nc1ccccc1.